The summed E-state index contributed by atoms with van der Waals surface area (Å²) in [5, 5.41) is 0. The highest BCUT2D eigenvalue weighted by Gasteiger charge is 2.64. The molecule has 2 aliphatic rings. The zero-order chi connectivity index (χ0) is 11.3. The predicted octanol–water partition coefficient (Wildman–Crippen LogP) is 2.59. The minimum absolute atomic E-state index is 0.0186. The molecule has 86 valence electrons. The molecule has 0 radical (unpaired) electrons. The fraction of sp³-hybridized carbons (Fsp3) is 0.571. The molecule has 2 aliphatic carbocycles. The average Bonchev–Trinajstić information content (AvgIpc) is 2.69. The molecular weight excluding hydrogens is 198 g/mol. The summed E-state index contributed by atoms with van der Waals surface area (Å²) in [4.78, 5) is 0. The van der Waals surface area contributed by atoms with E-state index in [1.165, 1.54) is 30.4 Å². The molecule has 1 aromatic carbocycles. The van der Waals surface area contributed by atoms with Crippen molar-refractivity contribution in [2.24, 2.45) is 17.6 Å². The number of fused-ring (bicyclic) bond motifs is 1. The van der Waals surface area contributed by atoms with Crippen molar-refractivity contribution in [3.63, 3.8) is 0 Å². The fourth-order valence-electron chi connectivity index (χ4n) is 3.58. The first-order valence-corrected chi connectivity index (χ1v) is 6.12. The quantitative estimate of drug-likeness (QED) is 0.826. The average molecular weight is 217 g/mol. The molecule has 2 N–H and O–H groups in total. The van der Waals surface area contributed by atoms with Crippen LogP contribution in [-0.4, -0.2) is 7.11 Å². The number of nitrogens with two attached hydrogens (primary N) is 1. The number of hydrogen-bond acceptors (Lipinski definition) is 2. The second-order valence-corrected chi connectivity index (χ2v) is 5.26. The van der Waals surface area contributed by atoms with Crippen molar-refractivity contribution in [3.05, 3.63) is 29.3 Å². The van der Waals surface area contributed by atoms with Crippen LogP contribution >= 0.6 is 0 Å². The molecule has 2 saturated carbocycles. The van der Waals surface area contributed by atoms with Gasteiger partial charge in [-0.05, 0) is 48.8 Å². The molecule has 2 atom stereocenters. The molecule has 0 aromatic heterocycles. The number of ether oxygens (including phenoxy) is 1. The molecule has 0 amide bonds. The van der Waals surface area contributed by atoms with Gasteiger partial charge < -0.3 is 10.5 Å². The van der Waals surface area contributed by atoms with Gasteiger partial charge in [-0.25, -0.2) is 0 Å². The SMILES string of the molecule is COc1ccc(C2(N)C3CCCC32)cc1C. The fourth-order valence-corrected chi connectivity index (χ4v) is 3.58. The molecular formula is C14H19NO. The minimum Gasteiger partial charge on any atom is -0.496 e. The Morgan fingerprint density at radius 2 is 2.00 bits per heavy atom. The van der Waals surface area contributed by atoms with E-state index in [0.29, 0.717) is 0 Å². The van der Waals surface area contributed by atoms with E-state index < -0.39 is 0 Å². The summed E-state index contributed by atoms with van der Waals surface area (Å²) < 4.78 is 5.29. The lowest BCUT2D eigenvalue weighted by Gasteiger charge is -2.17. The van der Waals surface area contributed by atoms with Gasteiger partial charge in [0.1, 0.15) is 5.75 Å². The zero-order valence-corrected chi connectivity index (χ0v) is 9.99. The van der Waals surface area contributed by atoms with Gasteiger partial charge in [-0.3, -0.25) is 0 Å². The maximum Gasteiger partial charge on any atom is 0.121 e. The number of methoxy groups -OCH3 is 1. The van der Waals surface area contributed by atoms with Crippen LogP contribution in [0.1, 0.15) is 30.4 Å². The van der Waals surface area contributed by atoms with Crippen LogP contribution in [0.15, 0.2) is 18.2 Å². The summed E-state index contributed by atoms with van der Waals surface area (Å²) in [7, 11) is 1.71. The number of aryl methyl sites for hydroxylation is 1. The van der Waals surface area contributed by atoms with Crippen LogP contribution in [0.3, 0.4) is 0 Å². The predicted molar refractivity (Wildman–Crippen MR) is 64.4 cm³/mol. The molecule has 0 bridgehead atoms. The van der Waals surface area contributed by atoms with Gasteiger partial charge in [0.05, 0.1) is 7.11 Å². The normalized spacial score (nSPS) is 35.9. The second-order valence-electron chi connectivity index (χ2n) is 5.26. The lowest BCUT2D eigenvalue weighted by Crippen LogP contribution is -2.25. The van der Waals surface area contributed by atoms with Crippen LogP contribution in [0.2, 0.25) is 0 Å². The molecule has 0 heterocycles. The van der Waals surface area contributed by atoms with Crippen molar-refractivity contribution in [2.45, 2.75) is 31.7 Å². The van der Waals surface area contributed by atoms with Crippen LogP contribution in [0.25, 0.3) is 0 Å². The molecule has 0 spiro atoms. The van der Waals surface area contributed by atoms with E-state index in [1.807, 2.05) is 6.07 Å². The summed E-state index contributed by atoms with van der Waals surface area (Å²) in [5.41, 5.74) is 9.01. The van der Waals surface area contributed by atoms with Crippen molar-refractivity contribution in [1.82, 2.24) is 0 Å². The lowest BCUT2D eigenvalue weighted by molar-refractivity contribution is 0.411. The van der Waals surface area contributed by atoms with Crippen molar-refractivity contribution >= 4 is 0 Å². The van der Waals surface area contributed by atoms with Gasteiger partial charge in [0.25, 0.3) is 0 Å². The number of hydrogen-bond donors (Lipinski definition) is 1. The summed E-state index contributed by atoms with van der Waals surface area (Å²) in [6, 6.07) is 6.40. The van der Waals surface area contributed by atoms with Crippen molar-refractivity contribution in [3.8, 4) is 5.75 Å². The van der Waals surface area contributed by atoms with E-state index in [1.54, 1.807) is 7.11 Å². The Kier molecular flexibility index (Phi) is 2.05. The molecule has 0 aliphatic heterocycles. The minimum atomic E-state index is -0.0186. The molecule has 0 saturated heterocycles. The Morgan fingerprint density at radius 3 is 2.56 bits per heavy atom. The van der Waals surface area contributed by atoms with Gasteiger partial charge in [0.2, 0.25) is 0 Å². The third kappa shape index (κ3) is 1.17. The lowest BCUT2D eigenvalue weighted by atomic mass is 9.95. The molecule has 2 nitrogen and oxygen atoms in total. The highest BCUT2D eigenvalue weighted by Crippen LogP contribution is 2.64. The Morgan fingerprint density at radius 1 is 1.31 bits per heavy atom. The van der Waals surface area contributed by atoms with Gasteiger partial charge in [-0.2, -0.15) is 0 Å². The van der Waals surface area contributed by atoms with Crippen LogP contribution < -0.4 is 10.5 Å². The van der Waals surface area contributed by atoms with Crippen molar-refractivity contribution in [1.29, 1.82) is 0 Å². The van der Waals surface area contributed by atoms with Crippen LogP contribution in [0.4, 0.5) is 0 Å². The Balaban J connectivity index is 1.94. The van der Waals surface area contributed by atoms with E-state index in [9.17, 15) is 0 Å². The van der Waals surface area contributed by atoms with Gasteiger partial charge in [0.15, 0.2) is 0 Å². The molecule has 1 aromatic rings. The monoisotopic (exact) mass is 217 g/mol. The van der Waals surface area contributed by atoms with E-state index in [0.717, 1.165) is 17.6 Å². The van der Waals surface area contributed by atoms with Crippen LogP contribution in [0, 0.1) is 18.8 Å². The second kappa shape index (κ2) is 3.24. The van der Waals surface area contributed by atoms with Crippen LogP contribution in [-0.2, 0) is 5.54 Å². The first kappa shape index (κ1) is 10.2. The van der Waals surface area contributed by atoms with Crippen molar-refractivity contribution in [2.75, 3.05) is 7.11 Å². The highest BCUT2D eigenvalue weighted by molar-refractivity contribution is 5.43. The first-order chi connectivity index (χ1) is 7.67. The standard InChI is InChI=1S/C14H19NO/c1-9-8-10(6-7-13(9)16-2)14(15)11-4-3-5-12(11)14/h6-8,11-12H,3-5,15H2,1-2H3. The number of rotatable bonds is 2. The summed E-state index contributed by atoms with van der Waals surface area (Å²) in [6.07, 6.45) is 3.99. The van der Waals surface area contributed by atoms with E-state index in [4.69, 9.17) is 10.5 Å². The van der Waals surface area contributed by atoms with Crippen LogP contribution in [0.5, 0.6) is 5.75 Å². The summed E-state index contributed by atoms with van der Waals surface area (Å²) in [5.74, 6) is 2.43. The Hall–Kier alpha value is -1.02. The Labute approximate surface area is 96.8 Å². The number of benzene rings is 1. The largest absolute Gasteiger partial charge is 0.496 e. The van der Waals surface area contributed by atoms with E-state index in [2.05, 4.69) is 19.1 Å². The van der Waals surface area contributed by atoms with E-state index >= 15 is 0 Å². The topological polar surface area (TPSA) is 35.2 Å². The van der Waals surface area contributed by atoms with Gasteiger partial charge in [-0.15, -0.1) is 0 Å². The molecule has 2 fully saturated rings. The molecule has 2 unspecified atom stereocenters. The summed E-state index contributed by atoms with van der Waals surface area (Å²) >= 11 is 0. The first-order valence-electron chi connectivity index (χ1n) is 6.12. The molecule has 2 heteroatoms. The third-order valence-corrected chi connectivity index (χ3v) is 4.53. The van der Waals surface area contributed by atoms with Crippen molar-refractivity contribution < 1.29 is 4.74 Å². The smallest absolute Gasteiger partial charge is 0.121 e. The summed E-state index contributed by atoms with van der Waals surface area (Å²) in [6.45, 7) is 2.09. The molecule has 16 heavy (non-hydrogen) atoms. The molecule has 3 rings (SSSR count). The van der Waals surface area contributed by atoms with Gasteiger partial charge in [0, 0.05) is 5.54 Å². The zero-order valence-electron chi connectivity index (χ0n) is 9.99. The van der Waals surface area contributed by atoms with E-state index in [-0.39, 0.29) is 5.54 Å². The Bertz CT molecular complexity index is 417. The third-order valence-electron chi connectivity index (χ3n) is 4.53. The van der Waals surface area contributed by atoms with Gasteiger partial charge >= 0.3 is 0 Å². The highest BCUT2D eigenvalue weighted by atomic mass is 16.5. The van der Waals surface area contributed by atoms with Gasteiger partial charge in [-0.1, -0.05) is 18.6 Å². The maximum atomic E-state index is 6.54. The maximum absolute atomic E-state index is 6.54.